The number of hydrogen-bond acceptors (Lipinski definition) is 4. The van der Waals surface area contributed by atoms with E-state index in [1.165, 1.54) is 0 Å². The number of aromatic nitrogens is 3. The van der Waals surface area contributed by atoms with Crippen LogP contribution in [0.4, 0.5) is 0 Å². The van der Waals surface area contributed by atoms with Gasteiger partial charge in [0.1, 0.15) is 5.82 Å². The predicted molar refractivity (Wildman–Crippen MR) is 78.0 cm³/mol. The van der Waals surface area contributed by atoms with Crippen molar-refractivity contribution < 1.29 is 9.32 Å². The molecular weight excluding hydrogens is 268 g/mol. The number of nitrogens with zero attached hydrogens (tertiary/aromatic N) is 2. The second-order valence-corrected chi connectivity index (χ2v) is 4.89. The largest absolute Gasteiger partial charge is 0.351 e. The van der Waals surface area contributed by atoms with E-state index in [-0.39, 0.29) is 11.7 Å². The molecule has 0 aliphatic heterocycles. The zero-order valence-electron chi connectivity index (χ0n) is 11.7. The summed E-state index contributed by atoms with van der Waals surface area (Å²) in [5.74, 6) is 0.942. The van der Waals surface area contributed by atoms with Crippen molar-refractivity contribution >= 4 is 16.9 Å². The van der Waals surface area contributed by atoms with Crippen LogP contribution in [0.5, 0.6) is 0 Å². The first-order valence-electron chi connectivity index (χ1n) is 6.87. The maximum Gasteiger partial charge on any atom is 0.289 e. The summed E-state index contributed by atoms with van der Waals surface area (Å²) in [5, 5.41) is 6.49. The second kappa shape index (κ2) is 5.78. The number of nitrogens with one attached hydrogen (secondary N) is 2. The molecule has 108 valence electrons. The third kappa shape index (κ3) is 3.10. The van der Waals surface area contributed by atoms with Gasteiger partial charge in [0, 0.05) is 19.0 Å². The van der Waals surface area contributed by atoms with Gasteiger partial charge < -0.3 is 14.8 Å². The number of benzene rings is 1. The lowest BCUT2D eigenvalue weighted by Crippen LogP contribution is -2.24. The minimum absolute atomic E-state index is 0.236. The van der Waals surface area contributed by atoms with Gasteiger partial charge in [0.15, 0.2) is 0 Å². The quantitative estimate of drug-likeness (QED) is 0.704. The molecular formula is C15H16N4O2. The Balaban J connectivity index is 1.49. The van der Waals surface area contributed by atoms with Crippen LogP contribution in [0.25, 0.3) is 11.0 Å². The molecule has 0 saturated carbocycles. The molecule has 0 unspecified atom stereocenters. The fourth-order valence-corrected chi connectivity index (χ4v) is 2.14. The number of rotatable bonds is 5. The highest BCUT2D eigenvalue weighted by Gasteiger charge is 2.10. The molecule has 0 fully saturated rings. The number of para-hydroxylation sites is 2. The van der Waals surface area contributed by atoms with E-state index in [4.69, 9.17) is 4.52 Å². The molecule has 21 heavy (non-hydrogen) atoms. The molecule has 3 aromatic rings. The lowest BCUT2D eigenvalue weighted by Gasteiger charge is -2.01. The minimum atomic E-state index is -0.236. The van der Waals surface area contributed by atoms with Crippen molar-refractivity contribution in [3.05, 3.63) is 47.6 Å². The van der Waals surface area contributed by atoms with Crippen LogP contribution in [0.3, 0.4) is 0 Å². The number of amides is 1. The summed E-state index contributed by atoms with van der Waals surface area (Å²) >= 11 is 0. The standard InChI is InChI=1S/C15H16N4O2/c1-10-9-13(21-19-10)15(20)16-8-4-7-14-17-11-5-2-3-6-12(11)18-14/h2-3,5-6,9H,4,7-8H2,1H3,(H,16,20)(H,17,18). The molecule has 0 bridgehead atoms. The number of aromatic amines is 1. The molecule has 2 N–H and O–H groups in total. The summed E-state index contributed by atoms with van der Waals surface area (Å²) < 4.78 is 4.90. The van der Waals surface area contributed by atoms with Crippen molar-refractivity contribution in [1.29, 1.82) is 0 Å². The van der Waals surface area contributed by atoms with E-state index >= 15 is 0 Å². The van der Waals surface area contributed by atoms with Gasteiger partial charge in [-0.15, -0.1) is 0 Å². The number of hydrogen-bond donors (Lipinski definition) is 2. The summed E-state index contributed by atoms with van der Waals surface area (Å²) in [4.78, 5) is 19.5. The topological polar surface area (TPSA) is 83.8 Å². The van der Waals surface area contributed by atoms with Gasteiger partial charge in [0.05, 0.1) is 16.7 Å². The Morgan fingerprint density at radius 1 is 1.38 bits per heavy atom. The van der Waals surface area contributed by atoms with Crippen molar-refractivity contribution in [3.8, 4) is 0 Å². The Morgan fingerprint density at radius 3 is 3.00 bits per heavy atom. The summed E-state index contributed by atoms with van der Waals surface area (Å²) in [5.41, 5.74) is 2.70. The number of aryl methyl sites for hydroxylation is 2. The van der Waals surface area contributed by atoms with E-state index < -0.39 is 0 Å². The smallest absolute Gasteiger partial charge is 0.289 e. The van der Waals surface area contributed by atoms with Crippen molar-refractivity contribution in [2.24, 2.45) is 0 Å². The zero-order valence-corrected chi connectivity index (χ0v) is 11.7. The highest BCUT2D eigenvalue weighted by atomic mass is 16.5. The van der Waals surface area contributed by atoms with Gasteiger partial charge in [0.25, 0.3) is 5.91 Å². The van der Waals surface area contributed by atoms with Crippen LogP contribution >= 0.6 is 0 Å². The van der Waals surface area contributed by atoms with Crippen LogP contribution in [0.1, 0.15) is 28.5 Å². The van der Waals surface area contributed by atoms with Crippen molar-refractivity contribution in [2.45, 2.75) is 19.8 Å². The van der Waals surface area contributed by atoms with E-state index in [1.807, 2.05) is 24.3 Å². The summed E-state index contributed by atoms with van der Waals surface area (Å²) in [6.45, 7) is 2.34. The van der Waals surface area contributed by atoms with Crippen LogP contribution in [-0.4, -0.2) is 27.6 Å². The van der Waals surface area contributed by atoms with Crippen LogP contribution in [0, 0.1) is 6.92 Å². The van der Waals surface area contributed by atoms with Gasteiger partial charge >= 0.3 is 0 Å². The van der Waals surface area contributed by atoms with Gasteiger partial charge in [-0.3, -0.25) is 4.79 Å². The molecule has 2 aromatic heterocycles. The minimum Gasteiger partial charge on any atom is -0.351 e. The van der Waals surface area contributed by atoms with Gasteiger partial charge in [0.2, 0.25) is 5.76 Å². The van der Waals surface area contributed by atoms with Crippen molar-refractivity contribution in [3.63, 3.8) is 0 Å². The molecule has 0 spiro atoms. The number of imidazole rings is 1. The second-order valence-electron chi connectivity index (χ2n) is 4.89. The van der Waals surface area contributed by atoms with Gasteiger partial charge in [-0.2, -0.15) is 0 Å². The highest BCUT2D eigenvalue weighted by Crippen LogP contribution is 2.11. The Bertz CT molecular complexity index is 727. The van der Waals surface area contributed by atoms with Crippen LogP contribution in [0.15, 0.2) is 34.9 Å². The van der Waals surface area contributed by atoms with E-state index in [1.54, 1.807) is 13.0 Å². The SMILES string of the molecule is Cc1cc(C(=O)NCCCc2nc3ccccc3[nH]2)on1. The highest BCUT2D eigenvalue weighted by molar-refractivity contribution is 5.91. The van der Waals surface area contributed by atoms with E-state index in [9.17, 15) is 4.79 Å². The fraction of sp³-hybridized carbons (Fsp3) is 0.267. The first-order chi connectivity index (χ1) is 10.2. The first-order valence-corrected chi connectivity index (χ1v) is 6.87. The summed E-state index contributed by atoms with van der Waals surface area (Å²) in [6, 6.07) is 9.54. The maximum absolute atomic E-state index is 11.7. The monoisotopic (exact) mass is 284 g/mol. The number of H-pyrrole nitrogens is 1. The Kier molecular flexibility index (Phi) is 3.68. The van der Waals surface area contributed by atoms with Gasteiger partial charge in [-0.1, -0.05) is 17.3 Å². The first kappa shape index (κ1) is 13.4. The number of carbonyl (C=O) groups is 1. The molecule has 0 atom stereocenters. The molecule has 0 aliphatic rings. The van der Waals surface area contributed by atoms with E-state index in [2.05, 4.69) is 20.4 Å². The van der Waals surface area contributed by atoms with Crippen LogP contribution in [0.2, 0.25) is 0 Å². The molecule has 3 rings (SSSR count). The van der Waals surface area contributed by atoms with Crippen LogP contribution in [-0.2, 0) is 6.42 Å². The molecule has 0 radical (unpaired) electrons. The van der Waals surface area contributed by atoms with Crippen molar-refractivity contribution in [2.75, 3.05) is 6.54 Å². The molecule has 2 heterocycles. The third-order valence-corrected chi connectivity index (χ3v) is 3.17. The normalized spacial score (nSPS) is 10.9. The molecule has 0 aliphatic carbocycles. The molecule has 1 amide bonds. The molecule has 6 nitrogen and oxygen atoms in total. The predicted octanol–water partition coefficient (Wildman–Crippen LogP) is 2.22. The van der Waals surface area contributed by atoms with E-state index in [0.29, 0.717) is 12.2 Å². The Morgan fingerprint density at radius 2 is 2.24 bits per heavy atom. The lowest BCUT2D eigenvalue weighted by molar-refractivity contribution is 0.0916. The number of fused-ring (bicyclic) bond motifs is 1. The fourth-order valence-electron chi connectivity index (χ4n) is 2.14. The molecule has 6 heteroatoms. The zero-order chi connectivity index (χ0) is 14.7. The average molecular weight is 284 g/mol. The summed E-state index contributed by atoms with van der Waals surface area (Å²) in [7, 11) is 0. The molecule has 1 aromatic carbocycles. The van der Waals surface area contributed by atoms with E-state index in [0.717, 1.165) is 29.7 Å². The lowest BCUT2D eigenvalue weighted by atomic mass is 10.3. The van der Waals surface area contributed by atoms with Gasteiger partial charge in [-0.25, -0.2) is 4.98 Å². The van der Waals surface area contributed by atoms with Crippen molar-refractivity contribution in [1.82, 2.24) is 20.4 Å². The third-order valence-electron chi connectivity index (χ3n) is 3.17. The number of carbonyl (C=O) groups excluding carboxylic acids is 1. The van der Waals surface area contributed by atoms with Gasteiger partial charge in [-0.05, 0) is 25.5 Å². The Labute approximate surface area is 121 Å². The summed E-state index contributed by atoms with van der Waals surface area (Å²) in [6.07, 6.45) is 1.59. The average Bonchev–Trinajstić information content (AvgIpc) is 3.09. The van der Waals surface area contributed by atoms with Crippen LogP contribution < -0.4 is 5.32 Å². The Hall–Kier alpha value is -2.63. The molecule has 0 saturated heterocycles. The maximum atomic E-state index is 11.7.